The third-order valence-corrected chi connectivity index (χ3v) is 5.06. The van der Waals surface area contributed by atoms with Gasteiger partial charge in [-0.3, -0.25) is 4.98 Å². The van der Waals surface area contributed by atoms with Crippen molar-refractivity contribution in [2.45, 2.75) is 19.6 Å². The van der Waals surface area contributed by atoms with Crippen molar-refractivity contribution >= 4 is 17.7 Å². The number of halogens is 1. The van der Waals surface area contributed by atoms with Crippen molar-refractivity contribution in [3.8, 4) is 23.1 Å². The van der Waals surface area contributed by atoms with Crippen LogP contribution in [0.2, 0.25) is 0 Å². The average molecular weight is 414 g/mol. The van der Waals surface area contributed by atoms with E-state index in [9.17, 15) is 9.65 Å². The van der Waals surface area contributed by atoms with Gasteiger partial charge in [-0.25, -0.2) is 9.37 Å². The zero-order chi connectivity index (χ0) is 22.0. The summed E-state index contributed by atoms with van der Waals surface area (Å²) in [5.74, 6) is 0.0760. The number of benzene rings is 1. The van der Waals surface area contributed by atoms with Gasteiger partial charge in [-0.15, -0.1) is 0 Å². The number of nitrogen functional groups attached to an aromatic ring is 1. The normalized spacial score (nSPS) is 16.7. The molecule has 0 aliphatic carbocycles. The number of pyridine rings is 2. The predicted molar refractivity (Wildman–Crippen MR) is 115 cm³/mol. The van der Waals surface area contributed by atoms with Gasteiger partial charge in [0.25, 0.3) is 0 Å². The molecule has 0 fully saturated rings. The molecular weight excluding hydrogens is 395 g/mol. The van der Waals surface area contributed by atoms with Crippen molar-refractivity contribution in [1.29, 1.82) is 10.7 Å². The molecule has 3 heterocycles. The zero-order valence-corrected chi connectivity index (χ0v) is 16.7. The van der Waals surface area contributed by atoms with E-state index in [-0.39, 0.29) is 17.2 Å². The lowest BCUT2D eigenvalue weighted by molar-refractivity contribution is 0.227. The van der Waals surface area contributed by atoms with E-state index in [1.165, 1.54) is 18.3 Å². The SMILES string of the molecule is C[C@H]1Oc2cc(cnc2N)/C(=C(\C#N)C=N)NCc2cccnc2-c2ccc(F)cc21. The first-order valence-corrected chi connectivity index (χ1v) is 9.56. The van der Waals surface area contributed by atoms with E-state index in [1.807, 2.05) is 18.2 Å². The van der Waals surface area contributed by atoms with Crippen LogP contribution in [0.3, 0.4) is 0 Å². The average Bonchev–Trinajstić information content (AvgIpc) is 2.78. The van der Waals surface area contributed by atoms with Crippen molar-refractivity contribution in [2.24, 2.45) is 0 Å². The minimum absolute atomic E-state index is 0.135. The van der Waals surface area contributed by atoms with E-state index in [4.69, 9.17) is 15.9 Å². The number of hydrogen-bond donors (Lipinski definition) is 3. The highest BCUT2D eigenvalue weighted by molar-refractivity contribution is 5.93. The topological polar surface area (TPSA) is 121 Å². The standard InChI is InChI=1S/C23H19FN6O/c1-13-19-8-17(24)4-5-18(19)22-14(3-2-6-28-22)11-29-21(16(9-25)10-26)15-7-20(31-13)23(27)30-12-15/h2-9,12-13,25,29H,11H2,1H3,(H2,27,30)/b21-16+,25-9?/t13-/m1/s1. The molecule has 31 heavy (non-hydrogen) atoms. The van der Waals surface area contributed by atoms with Crippen molar-refractivity contribution in [1.82, 2.24) is 15.3 Å². The minimum atomic E-state index is -0.558. The molecule has 7 nitrogen and oxygen atoms in total. The Morgan fingerprint density at radius 3 is 2.97 bits per heavy atom. The van der Waals surface area contributed by atoms with Gasteiger partial charge in [0.15, 0.2) is 11.6 Å². The van der Waals surface area contributed by atoms with Gasteiger partial charge in [-0.1, -0.05) is 6.07 Å². The summed E-state index contributed by atoms with van der Waals surface area (Å²) in [6.07, 6.45) is 3.61. The largest absolute Gasteiger partial charge is 0.482 e. The summed E-state index contributed by atoms with van der Waals surface area (Å²) in [5, 5.41) is 20.4. The fourth-order valence-electron chi connectivity index (χ4n) is 3.55. The number of fused-ring (bicyclic) bond motifs is 5. The lowest BCUT2D eigenvalue weighted by Gasteiger charge is -2.23. The third kappa shape index (κ3) is 3.81. The number of nitrogens with zero attached hydrogens (tertiary/aromatic N) is 3. The summed E-state index contributed by atoms with van der Waals surface area (Å²) < 4.78 is 20.2. The Bertz CT molecular complexity index is 1250. The first-order chi connectivity index (χ1) is 15.0. The number of nitriles is 1. The molecule has 0 radical (unpaired) electrons. The maximum atomic E-state index is 14.1. The van der Waals surface area contributed by atoms with Crippen molar-refractivity contribution in [3.05, 3.63) is 76.9 Å². The predicted octanol–water partition coefficient (Wildman–Crippen LogP) is 3.99. The second-order valence-electron chi connectivity index (χ2n) is 7.01. The molecule has 2 bridgehead atoms. The maximum absolute atomic E-state index is 14.1. The summed E-state index contributed by atoms with van der Waals surface area (Å²) >= 11 is 0. The number of aromatic nitrogens is 2. The molecule has 1 aliphatic heterocycles. The van der Waals surface area contributed by atoms with Gasteiger partial charge in [-0.05, 0) is 42.8 Å². The summed E-state index contributed by atoms with van der Waals surface area (Å²) in [6.45, 7) is 2.12. The van der Waals surface area contributed by atoms with Crippen LogP contribution >= 0.6 is 0 Å². The van der Waals surface area contributed by atoms with Crippen LogP contribution in [-0.2, 0) is 6.54 Å². The van der Waals surface area contributed by atoms with Gasteiger partial charge in [0, 0.05) is 41.8 Å². The monoisotopic (exact) mass is 414 g/mol. The van der Waals surface area contributed by atoms with Crippen molar-refractivity contribution in [3.63, 3.8) is 0 Å². The highest BCUT2D eigenvalue weighted by atomic mass is 19.1. The molecule has 154 valence electrons. The molecule has 8 heteroatoms. The van der Waals surface area contributed by atoms with Crippen LogP contribution in [0.5, 0.6) is 5.75 Å². The molecule has 4 N–H and O–H groups in total. The Morgan fingerprint density at radius 2 is 2.19 bits per heavy atom. The molecule has 0 unspecified atom stereocenters. The van der Waals surface area contributed by atoms with E-state index >= 15 is 0 Å². The Labute approximate surface area is 178 Å². The molecule has 0 saturated heterocycles. The summed E-state index contributed by atoms with van der Waals surface area (Å²) in [4.78, 5) is 8.72. The number of allylic oxidation sites excluding steroid dienone is 1. The Balaban J connectivity index is 1.98. The number of hydrogen-bond acceptors (Lipinski definition) is 7. The third-order valence-electron chi connectivity index (χ3n) is 5.06. The van der Waals surface area contributed by atoms with E-state index in [0.29, 0.717) is 34.8 Å². The van der Waals surface area contributed by atoms with Crippen LogP contribution in [0.1, 0.15) is 29.7 Å². The molecule has 0 spiro atoms. The molecule has 0 saturated carbocycles. The van der Waals surface area contributed by atoms with Gasteiger partial charge in [0.05, 0.1) is 17.0 Å². The number of nitrogens with two attached hydrogens (primary N) is 1. The first-order valence-electron chi connectivity index (χ1n) is 9.56. The van der Waals surface area contributed by atoms with Crippen LogP contribution in [-0.4, -0.2) is 16.2 Å². The van der Waals surface area contributed by atoms with E-state index in [2.05, 4.69) is 15.3 Å². The molecular formula is C23H19FN6O. The quantitative estimate of drug-likeness (QED) is 0.409. The zero-order valence-electron chi connectivity index (χ0n) is 16.7. The van der Waals surface area contributed by atoms with Gasteiger partial charge in [0.2, 0.25) is 0 Å². The summed E-state index contributed by atoms with van der Waals surface area (Å²) in [6, 6.07) is 11.9. The van der Waals surface area contributed by atoms with Crippen LogP contribution in [0.15, 0.2) is 54.4 Å². The first kappa shape index (κ1) is 20.0. The van der Waals surface area contributed by atoms with Crippen molar-refractivity contribution < 1.29 is 9.13 Å². The lowest BCUT2D eigenvalue weighted by Crippen LogP contribution is -2.17. The molecule has 2 aromatic heterocycles. The van der Waals surface area contributed by atoms with Crippen LogP contribution < -0.4 is 15.8 Å². The lowest BCUT2D eigenvalue weighted by atomic mass is 9.96. The fourth-order valence-corrected chi connectivity index (χ4v) is 3.55. The molecule has 1 aliphatic rings. The number of anilines is 1. The highest BCUT2D eigenvalue weighted by Crippen LogP contribution is 2.35. The minimum Gasteiger partial charge on any atom is -0.482 e. The second-order valence-corrected chi connectivity index (χ2v) is 7.01. The Morgan fingerprint density at radius 1 is 1.35 bits per heavy atom. The second kappa shape index (κ2) is 8.24. The van der Waals surface area contributed by atoms with Crippen LogP contribution in [0.25, 0.3) is 17.0 Å². The smallest absolute Gasteiger partial charge is 0.166 e. The van der Waals surface area contributed by atoms with Crippen LogP contribution in [0.4, 0.5) is 10.2 Å². The van der Waals surface area contributed by atoms with Gasteiger partial charge in [-0.2, -0.15) is 5.26 Å². The highest BCUT2D eigenvalue weighted by Gasteiger charge is 2.21. The number of ether oxygens (including phenoxy) is 1. The fraction of sp³-hybridized carbons (Fsp3) is 0.130. The van der Waals surface area contributed by atoms with Gasteiger partial charge >= 0.3 is 0 Å². The van der Waals surface area contributed by atoms with Crippen LogP contribution in [0, 0.1) is 22.6 Å². The number of rotatable bonds is 1. The van der Waals surface area contributed by atoms with Gasteiger partial charge < -0.3 is 21.2 Å². The molecule has 1 aromatic carbocycles. The Hall–Kier alpha value is -4.25. The van der Waals surface area contributed by atoms with E-state index in [1.54, 1.807) is 25.3 Å². The molecule has 4 rings (SSSR count). The summed E-state index contributed by atoms with van der Waals surface area (Å²) in [5.41, 5.74) is 9.99. The maximum Gasteiger partial charge on any atom is 0.166 e. The van der Waals surface area contributed by atoms with E-state index in [0.717, 1.165) is 17.3 Å². The molecule has 1 atom stereocenters. The summed E-state index contributed by atoms with van der Waals surface area (Å²) in [7, 11) is 0. The van der Waals surface area contributed by atoms with Crippen molar-refractivity contribution in [2.75, 3.05) is 5.73 Å². The Kier molecular flexibility index (Phi) is 5.33. The molecule has 0 amide bonds. The van der Waals surface area contributed by atoms with E-state index < -0.39 is 6.10 Å². The number of nitrogens with one attached hydrogen (secondary N) is 2. The van der Waals surface area contributed by atoms with Gasteiger partial charge in [0.1, 0.15) is 18.0 Å². The molecule has 3 aromatic rings.